The van der Waals surface area contributed by atoms with Crippen molar-refractivity contribution in [2.75, 3.05) is 20.2 Å². The Morgan fingerprint density at radius 3 is 2.77 bits per heavy atom. The summed E-state index contributed by atoms with van der Waals surface area (Å²) in [5.41, 5.74) is 4.81. The van der Waals surface area contributed by atoms with Crippen LogP contribution in [0, 0.1) is 11.3 Å². The van der Waals surface area contributed by atoms with Crippen molar-refractivity contribution in [2.24, 2.45) is 18.4 Å². The SMILES string of the molecule is COc1cc(C(=O)N2CCC3(CCC3)C2)cc2nc(-c3cc4cccnc4n3CC3CC3)n(C)c12. The molecule has 0 unspecified atom stereocenters. The summed E-state index contributed by atoms with van der Waals surface area (Å²) in [5.74, 6) is 2.36. The first kappa shape index (κ1) is 21.0. The van der Waals surface area contributed by atoms with E-state index in [4.69, 9.17) is 9.72 Å². The van der Waals surface area contributed by atoms with E-state index in [2.05, 4.69) is 26.3 Å². The van der Waals surface area contributed by atoms with Crippen LogP contribution in [0.5, 0.6) is 5.75 Å². The maximum Gasteiger partial charge on any atom is 0.254 e. The molecule has 4 aromatic rings. The van der Waals surface area contributed by atoms with Gasteiger partial charge in [-0.1, -0.05) is 6.42 Å². The van der Waals surface area contributed by atoms with Gasteiger partial charge in [-0.25, -0.2) is 9.97 Å². The predicted octanol–water partition coefficient (Wildman–Crippen LogP) is 5.02. The number of ether oxygens (including phenoxy) is 1. The highest BCUT2D eigenvalue weighted by Crippen LogP contribution is 2.48. The van der Waals surface area contributed by atoms with E-state index in [0.717, 1.165) is 59.6 Å². The van der Waals surface area contributed by atoms with Gasteiger partial charge in [0, 0.05) is 43.8 Å². The Kier molecular flexibility index (Phi) is 4.54. The number of pyridine rings is 1. The monoisotopic (exact) mass is 469 g/mol. The molecule has 1 spiro atoms. The molecule has 1 amide bonds. The van der Waals surface area contributed by atoms with E-state index in [9.17, 15) is 4.79 Å². The lowest BCUT2D eigenvalue weighted by Crippen LogP contribution is -2.35. The predicted molar refractivity (Wildman–Crippen MR) is 136 cm³/mol. The number of rotatable bonds is 5. The smallest absolute Gasteiger partial charge is 0.254 e. The molecule has 2 saturated carbocycles. The fraction of sp³-hybridized carbons (Fsp3) is 0.464. The number of likely N-dealkylation sites (tertiary alicyclic amines) is 1. The average molecular weight is 470 g/mol. The van der Waals surface area contributed by atoms with Crippen LogP contribution in [-0.2, 0) is 13.6 Å². The third-order valence-corrected chi connectivity index (χ3v) is 8.56. The van der Waals surface area contributed by atoms with Gasteiger partial charge < -0.3 is 18.8 Å². The van der Waals surface area contributed by atoms with E-state index < -0.39 is 0 Å². The van der Waals surface area contributed by atoms with Crippen molar-refractivity contribution in [2.45, 2.75) is 45.1 Å². The molecule has 180 valence electrons. The van der Waals surface area contributed by atoms with Crippen LogP contribution < -0.4 is 4.74 Å². The number of amides is 1. The minimum absolute atomic E-state index is 0.0909. The summed E-state index contributed by atoms with van der Waals surface area (Å²) in [7, 11) is 3.70. The highest BCUT2D eigenvalue weighted by atomic mass is 16.5. The summed E-state index contributed by atoms with van der Waals surface area (Å²) in [5, 5.41) is 1.12. The zero-order valence-corrected chi connectivity index (χ0v) is 20.5. The highest BCUT2D eigenvalue weighted by molar-refractivity contribution is 6.00. The number of hydrogen-bond donors (Lipinski definition) is 0. The molecule has 7 heteroatoms. The Hall–Kier alpha value is -3.35. The van der Waals surface area contributed by atoms with Crippen LogP contribution in [0.25, 0.3) is 33.6 Å². The van der Waals surface area contributed by atoms with Crippen molar-refractivity contribution in [1.82, 2.24) is 24.0 Å². The minimum atomic E-state index is 0.0909. The molecule has 0 bridgehead atoms. The quantitative estimate of drug-likeness (QED) is 0.411. The van der Waals surface area contributed by atoms with Gasteiger partial charge in [0.15, 0.2) is 5.82 Å². The Balaban J connectivity index is 1.32. The first-order valence-electron chi connectivity index (χ1n) is 12.8. The second kappa shape index (κ2) is 7.57. The molecule has 35 heavy (non-hydrogen) atoms. The lowest BCUT2D eigenvalue weighted by Gasteiger charge is -2.37. The van der Waals surface area contributed by atoms with Gasteiger partial charge in [-0.3, -0.25) is 4.79 Å². The number of methoxy groups -OCH3 is 1. The van der Waals surface area contributed by atoms with Gasteiger partial charge in [-0.15, -0.1) is 0 Å². The minimum Gasteiger partial charge on any atom is -0.494 e. The summed E-state index contributed by atoms with van der Waals surface area (Å²) in [6.07, 6.45) is 9.34. The molecule has 3 aromatic heterocycles. The molecule has 1 aromatic carbocycles. The van der Waals surface area contributed by atoms with Gasteiger partial charge in [0.1, 0.15) is 16.9 Å². The third-order valence-electron chi connectivity index (χ3n) is 8.56. The Labute approximate surface area is 204 Å². The molecule has 3 aliphatic rings. The first-order valence-corrected chi connectivity index (χ1v) is 12.8. The van der Waals surface area contributed by atoms with Gasteiger partial charge >= 0.3 is 0 Å². The van der Waals surface area contributed by atoms with Gasteiger partial charge in [0.2, 0.25) is 0 Å². The lowest BCUT2D eigenvalue weighted by molar-refractivity contribution is 0.0732. The van der Waals surface area contributed by atoms with Crippen LogP contribution in [0.3, 0.4) is 0 Å². The summed E-state index contributed by atoms with van der Waals surface area (Å²) < 4.78 is 10.2. The van der Waals surface area contributed by atoms with Crippen LogP contribution in [0.15, 0.2) is 36.5 Å². The number of hydrogen-bond acceptors (Lipinski definition) is 4. The number of carbonyl (C=O) groups is 1. The van der Waals surface area contributed by atoms with E-state index in [1.165, 1.54) is 32.1 Å². The standard InChI is InChI=1S/C28H31N5O2/c1-31-24-21(13-20(15-23(24)35-2)27(34)32-12-10-28(17-32)8-4-9-28)30-26(31)22-14-19-5-3-11-29-25(19)33(22)16-18-6-7-18/h3,5,11,13-15,18H,4,6-10,12,16-17H2,1-2H3. The van der Waals surface area contributed by atoms with Crippen molar-refractivity contribution < 1.29 is 9.53 Å². The van der Waals surface area contributed by atoms with Gasteiger partial charge in [-0.05, 0) is 73.8 Å². The van der Waals surface area contributed by atoms with Crippen LogP contribution in [0.2, 0.25) is 0 Å². The van der Waals surface area contributed by atoms with E-state index >= 15 is 0 Å². The number of nitrogens with zero attached hydrogens (tertiary/aromatic N) is 5. The second-order valence-corrected chi connectivity index (χ2v) is 10.9. The summed E-state index contributed by atoms with van der Waals surface area (Å²) >= 11 is 0. The number of aromatic nitrogens is 4. The number of aryl methyl sites for hydroxylation is 1. The number of fused-ring (bicyclic) bond motifs is 2. The topological polar surface area (TPSA) is 65.2 Å². The van der Waals surface area contributed by atoms with Gasteiger partial charge in [-0.2, -0.15) is 0 Å². The van der Waals surface area contributed by atoms with Crippen molar-refractivity contribution in [3.8, 4) is 17.3 Å². The third kappa shape index (κ3) is 3.27. The Morgan fingerprint density at radius 1 is 1.20 bits per heavy atom. The fourth-order valence-corrected chi connectivity index (χ4v) is 6.21. The van der Waals surface area contributed by atoms with Gasteiger partial charge in [0.25, 0.3) is 5.91 Å². The molecule has 0 atom stereocenters. The Bertz CT molecular complexity index is 1470. The van der Waals surface area contributed by atoms with E-state index in [1.54, 1.807) is 7.11 Å². The van der Waals surface area contributed by atoms with Crippen molar-refractivity contribution >= 4 is 28.0 Å². The van der Waals surface area contributed by atoms with Crippen LogP contribution in [-0.4, -0.2) is 50.1 Å². The summed E-state index contributed by atoms with van der Waals surface area (Å²) in [4.78, 5) is 25.2. The van der Waals surface area contributed by atoms with Gasteiger partial charge in [0.05, 0.1) is 18.3 Å². The van der Waals surface area contributed by atoms with Crippen LogP contribution in [0.1, 0.15) is 48.9 Å². The van der Waals surface area contributed by atoms with Crippen molar-refractivity contribution in [3.63, 3.8) is 0 Å². The maximum absolute atomic E-state index is 13.5. The van der Waals surface area contributed by atoms with Crippen molar-refractivity contribution in [3.05, 3.63) is 42.1 Å². The first-order chi connectivity index (χ1) is 17.0. The normalized spacial score (nSPS) is 19.1. The van der Waals surface area contributed by atoms with E-state index in [-0.39, 0.29) is 5.91 Å². The second-order valence-electron chi connectivity index (χ2n) is 10.9. The molecule has 3 fully saturated rings. The Morgan fingerprint density at radius 2 is 2.06 bits per heavy atom. The largest absolute Gasteiger partial charge is 0.494 e. The zero-order chi connectivity index (χ0) is 23.7. The molecule has 7 nitrogen and oxygen atoms in total. The van der Waals surface area contributed by atoms with Crippen molar-refractivity contribution in [1.29, 1.82) is 0 Å². The molecular formula is C28H31N5O2. The average Bonchev–Trinajstić information content (AvgIpc) is 3.28. The highest BCUT2D eigenvalue weighted by Gasteiger charge is 2.44. The van der Waals surface area contributed by atoms with Crippen LogP contribution >= 0.6 is 0 Å². The number of carbonyl (C=O) groups excluding carboxylic acids is 1. The molecule has 7 rings (SSSR count). The molecule has 1 saturated heterocycles. The molecule has 0 N–H and O–H groups in total. The number of benzene rings is 1. The molecule has 4 heterocycles. The number of imidazole rings is 1. The lowest BCUT2D eigenvalue weighted by atomic mass is 9.68. The summed E-state index contributed by atoms with van der Waals surface area (Å²) in [6.45, 7) is 2.69. The van der Waals surface area contributed by atoms with E-state index in [0.29, 0.717) is 22.6 Å². The van der Waals surface area contributed by atoms with E-state index in [1.807, 2.05) is 36.3 Å². The summed E-state index contributed by atoms with van der Waals surface area (Å²) in [6, 6.07) is 10.1. The molecule has 1 aliphatic heterocycles. The maximum atomic E-state index is 13.5. The molecular weight excluding hydrogens is 438 g/mol. The molecule has 2 aliphatic carbocycles. The molecule has 0 radical (unpaired) electrons. The fourth-order valence-electron chi connectivity index (χ4n) is 6.21. The van der Waals surface area contributed by atoms with Crippen LogP contribution in [0.4, 0.5) is 0 Å². The zero-order valence-electron chi connectivity index (χ0n) is 20.5.